The van der Waals surface area contributed by atoms with Crippen LogP contribution in [-0.2, 0) is 9.59 Å². The maximum absolute atomic E-state index is 12.1. The largest absolute Gasteiger partial charge is 0.356 e. The Balaban J connectivity index is 1.64. The number of hydrogen-bond donors (Lipinski definition) is 2. The van der Waals surface area contributed by atoms with Crippen molar-refractivity contribution in [1.29, 1.82) is 0 Å². The zero-order chi connectivity index (χ0) is 18.6. The molecule has 0 aromatic heterocycles. The van der Waals surface area contributed by atoms with Crippen molar-refractivity contribution >= 4 is 11.8 Å². The third-order valence-electron chi connectivity index (χ3n) is 5.50. The predicted octanol–water partition coefficient (Wildman–Crippen LogP) is 0.832. The van der Waals surface area contributed by atoms with Gasteiger partial charge < -0.3 is 20.9 Å². The van der Waals surface area contributed by atoms with E-state index in [0.29, 0.717) is 37.1 Å². The minimum absolute atomic E-state index is 0.0551. The summed E-state index contributed by atoms with van der Waals surface area (Å²) in [7, 11) is 3.89. The lowest BCUT2D eigenvalue weighted by atomic mass is 9.97. The minimum Gasteiger partial charge on any atom is -0.356 e. The van der Waals surface area contributed by atoms with Gasteiger partial charge in [0.05, 0.1) is 0 Å². The Hall–Kier alpha value is -1.40. The molecule has 1 saturated heterocycles. The molecule has 2 amide bonds. The standard InChI is InChI=1S/C19H34N4O2/c1-5-6-18(25)23(4)13-19(20)9-16(19)7-14(2)8-17(24)21-10-15-11-22(3)12-15/h5,14-16H,1,6-13,20H2,2-4H3,(H,21,24). The van der Waals surface area contributed by atoms with Gasteiger partial charge in [-0.1, -0.05) is 13.0 Å². The Morgan fingerprint density at radius 1 is 1.48 bits per heavy atom. The fourth-order valence-corrected chi connectivity index (χ4v) is 3.89. The molecule has 0 radical (unpaired) electrons. The van der Waals surface area contributed by atoms with E-state index in [0.717, 1.165) is 32.5 Å². The fourth-order valence-electron chi connectivity index (χ4n) is 3.89. The number of nitrogens with two attached hydrogens (primary N) is 1. The van der Waals surface area contributed by atoms with Crippen molar-refractivity contribution in [1.82, 2.24) is 15.1 Å². The van der Waals surface area contributed by atoms with Crippen LogP contribution in [0.5, 0.6) is 0 Å². The summed E-state index contributed by atoms with van der Waals surface area (Å²) in [6.07, 6.45) is 4.40. The van der Waals surface area contributed by atoms with Gasteiger partial charge in [0.25, 0.3) is 0 Å². The first-order chi connectivity index (χ1) is 11.7. The summed E-state index contributed by atoms with van der Waals surface area (Å²) in [5.41, 5.74) is 6.13. The Labute approximate surface area is 151 Å². The minimum atomic E-state index is -0.285. The summed E-state index contributed by atoms with van der Waals surface area (Å²) in [5, 5.41) is 3.05. The molecular formula is C19H34N4O2. The number of nitrogens with one attached hydrogen (secondary N) is 1. The topological polar surface area (TPSA) is 78.7 Å². The molecular weight excluding hydrogens is 316 g/mol. The van der Waals surface area contributed by atoms with Crippen LogP contribution in [0.1, 0.15) is 32.6 Å². The first-order valence-corrected chi connectivity index (χ1v) is 9.32. The van der Waals surface area contributed by atoms with Crippen LogP contribution < -0.4 is 11.1 Å². The van der Waals surface area contributed by atoms with Gasteiger partial charge in [-0.3, -0.25) is 9.59 Å². The highest BCUT2D eigenvalue weighted by molar-refractivity contribution is 5.77. The van der Waals surface area contributed by atoms with Crippen molar-refractivity contribution in [2.75, 3.05) is 40.3 Å². The summed E-state index contributed by atoms with van der Waals surface area (Å²) in [5.74, 6) is 1.51. The molecule has 1 aliphatic carbocycles. The lowest BCUT2D eigenvalue weighted by molar-refractivity contribution is -0.129. The van der Waals surface area contributed by atoms with Crippen LogP contribution in [0.25, 0.3) is 0 Å². The van der Waals surface area contributed by atoms with Gasteiger partial charge >= 0.3 is 0 Å². The lowest BCUT2D eigenvalue weighted by Gasteiger charge is -2.36. The average Bonchev–Trinajstić information content (AvgIpc) is 3.11. The SMILES string of the molecule is C=CCC(=O)N(C)CC1(N)CC1CC(C)CC(=O)NCC1CN(C)C1. The Morgan fingerprint density at radius 3 is 2.76 bits per heavy atom. The van der Waals surface area contributed by atoms with E-state index >= 15 is 0 Å². The number of amides is 2. The summed E-state index contributed by atoms with van der Waals surface area (Å²) < 4.78 is 0. The summed E-state index contributed by atoms with van der Waals surface area (Å²) >= 11 is 0. The van der Waals surface area contributed by atoms with Gasteiger partial charge in [0.2, 0.25) is 11.8 Å². The molecule has 6 heteroatoms. The van der Waals surface area contributed by atoms with E-state index in [1.54, 1.807) is 18.0 Å². The van der Waals surface area contributed by atoms with Gasteiger partial charge in [0.1, 0.15) is 0 Å². The smallest absolute Gasteiger partial charge is 0.226 e. The molecule has 3 unspecified atom stereocenters. The van der Waals surface area contributed by atoms with Crippen LogP contribution in [0, 0.1) is 17.8 Å². The summed E-state index contributed by atoms with van der Waals surface area (Å²) in [6.45, 7) is 9.23. The first kappa shape index (κ1) is 19.9. The molecule has 142 valence electrons. The number of rotatable bonds is 10. The summed E-state index contributed by atoms with van der Waals surface area (Å²) in [4.78, 5) is 27.9. The van der Waals surface area contributed by atoms with E-state index in [2.05, 4.69) is 30.8 Å². The van der Waals surface area contributed by atoms with Gasteiger partial charge in [-0.25, -0.2) is 0 Å². The molecule has 1 heterocycles. The third kappa shape index (κ3) is 5.82. The van der Waals surface area contributed by atoms with Crippen molar-refractivity contribution in [3.63, 3.8) is 0 Å². The van der Waals surface area contributed by atoms with E-state index in [1.807, 2.05) is 0 Å². The monoisotopic (exact) mass is 350 g/mol. The van der Waals surface area contributed by atoms with E-state index < -0.39 is 0 Å². The van der Waals surface area contributed by atoms with Gasteiger partial charge in [0, 0.05) is 57.5 Å². The second-order valence-corrected chi connectivity index (χ2v) is 8.31. The average molecular weight is 351 g/mol. The van der Waals surface area contributed by atoms with Crippen molar-refractivity contribution in [3.05, 3.63) is 12.7 Å². The summed E-state index contributed by atoms with van der Waals surface area (Å²) in [6, 6.07) is 0. The molecule has 1 aliphatic heterocycles. The number of nitrogens with zero attached hydrogens (tertiary/aromatic N) is 2. The molecule has 2 aliphatic rings. The fraction of sp³-hybridized carbons (Fsp3) is 0.789. The Kier molecular flexibility index (Phi) is 6.63. The number of carbonyl (C=O) groups is 2. The molecule has 2 rings (SSSR count). The highest BCUT2D eigenvalue weighted by atomic mass is 16.2. The normalized spacial score (nSPS) is 27.3. The second-order valence-electron chi connectivity index (χ2n) is 8.31. The molecule has 2 fully saturated rings. The predicted molar refractivity (Wildman–Crippen MR) is 99.9 cm³/mol. The highest BCUT2D eigenvalue weighted by Crippen LogP contribution is 2.46. The molecule has 25 heavy (non-hydrogen) atoms. The zero-order valence-corrected chi connectivity index (χ0v) is 16.0. The van der Waals surface area contributed by atoms with Crippen LogP contribution >= 0.6 is 0 Å². The maximum Gasteiger partial charge on any atom is 0.226 e. The second kappa shape index (κ2) is 8.32. The van der Waals surface area contributed by atoms with Crippen molar-refractivity contribution < 1.29 is 9.59 Å². The van der Waals surface area contributed by atoms with Gasteiger partial charge in [-0.2, -0.15) is 0 Å². The number of hydrogen-bond acceptors (Lipinski definition) is 4. The van der Waals surface area contributed by atoms with E-state index in [4.69, 9.17) is 5.73 Å². The molecule has 0 bridgehead atoms. The van der Waals surface area contributed by atoms with Gasteiger partial charge in [-0.15, -0.1) is 6.58 Å². The lowest BCUT2D eigenvalue weighted by Crippen LogP contribution is -2.49. The van der Waals surface area contributed by atoms with Crippen LogP contribution in [-0.4, -0.2) is 67.4 Å². The Bertz CT molecular complexity index is 504. The number of likely N-dealkylation sites (tertiary alicyclic amines) is 1. The highest BCUT2D eigenvalue weighted by Gasteiger charge is 2.51. The van der Waals surface area contributed by atoms with Gasteiger partial charge in [-0.05, 0) is 31.7 Å². The first-order valence-electron chi connectivity index (χ1n) is 9.32. The molecule has 6 nitrogen and oxygen atoms in total. The van der Waals surface area contributed by atoms with Crippen LogP contribution in [0.2, 0.25) is 0 Å². The van der Waals surface area contributed by atoms with E-state index in [-0.39, 0.29) is 17.4 Å². The van der Waals surface area contributed by atoms with Crippen molar-refractivity contribution in [2.45, 2.75) is 38.1 Å². The maximum atomic E-state index is 12.1. The molecule has 0 spiro atoms. The van der Waals surface area contributed by atoms with Crippen molar-refractivity contribution in [2.24, 2.45) is 23.5 Å². The van der Waals surface area contributed by atoms with E-state index in [1.165, 1.54) is 0 Å². The Morgan fingerprint density at radius 2 is 2.16 bits per heavy atom. The molecule has 0 aromatic rings. The molecule has 0 aromatic carbocycles. The number of carbonyl (C=O) groups excluding carboxylic acids is 2. The van der Waals surface area contributed by atoms with Crippen LogP contribution in [0.4, 0.5) is 0 Å². The van der Waals surface area contributed by atoms with Crippen LogP contribution in [0.15, 0.2) is 12.7 Å². The van der Waals surface area contributed by atoms with Gasteiger partial charge in [0.15, 0.2) is 0 Å². The van der Waals surface area contributed by atoms with Crippen LogP contribution in [0.3, 0.4) is 0 Å². The molecule has 3 atom stereocenters. The quantitative estimate of drug-likeness (QED) is 0.572. The number of likely N-dealkylation sites (N-methyl/N-ethyl adjacent to an activating group) is 1. The zero-order valence-electron chi connectivity index (χ0n) is 16.0. The van der Waals surface area contributed by atoms with E-state index in [9.17, 15) is 9.59 Å². The van der Waals surface area contributed by atoms with Crippen molar-refractivity contribution in [3.8, 4) is 0 Å². The molecule has 3 N–H and O–H groups in total. The third-order valence-corrected chi connectivity index (χ3v) is 5.50. The molecule has 1 saturated carbocycles.